The van der Waals surface area contributed by atoms with Crippen LogP contribution in [0.15, 0.2) is 0 Å². The summed E-state index contributed by atoms with van der Waals surface area (Å²) in [4.78, 5) is 0. The van der Waals surface area contributed by atoms with Gasteiger partial charge in [-0.1, -0.05) is 34.6 Å². The second-order valence-electron chi connectivity index (χ2n) is 7.04. The predicted molar refractivity (Wildman–Crippen MR) is 67.5 cm³/mol. The first-order valence-electron chi connectivity index (χ1n) is 7.30. The molecule has 0 bridgehead atoms. The van der Waals surface area contributed by atoms with Crippen molar-refractivity contribution in [2.75, 3.05) is 0 Å². The number of rotatable bonds is 5. The van der Waals surface area contributed by atoms with Crippen molar-refractivity contribution in [3.63, 3.8) is 0 Å². The summed E-state index contributed by atoms with van der Waals surface area (Å²) in [5.41, 5.74) is -9.08. The zero-order valence-corrected chi connectivity index (χ0v) is 14.0. The Morgan fingerprint density at radius 2 is 1.28 bits per heavy atom. The molecule has 1 aliphatic rings. The fourth-order valence-electron chi connectivity index (χ4n) is 2.47. The van der Waals surface area contributed by atoms with Gasteiger partial charge in [-0.25, -0.2) is 17.6 Å². The molecule has 11 heteroatoms. The largest absolute Gasteiger partial charge is 0.426 e. The van der Waals surface area contributed by atoms with Crippen molar-refractivity contribution in [2.45, 2.75) is 76.4 Å². The van der Waals surface area contributed by atoms with Crippen molar-refractivity contribution in [1.29, 1.82) is 0 Å². The second kappa shape index (κ2) is 5.39. The van der Waals surface area contributed by atoms with Crippen LogP contribution in [0.1, 0.15) is 41.0 Å². The predicted octanol–water partition coefficient (Wildman–Crippen LogP) is 5.98. The van der Waals surface area contributed by atoms with Crippen molar-refractivity contribution < 1.29 is 48.6 Å². The summed E-state index contributed by atoms with van der Waals surface area (Å²) in [6.07, 6.45) is -6.96. The fraction of sp³-hybridized carbons (Fsp3) is 1.00. The molecule has 1 fully saturated rings. The quantitative estimate of drug-likeness (QED) is 0.523. The van der Waals surface area contributed by atoms with Gasteiger partial charge in [-0.05, 0) is 6.42 Å². The van der Waals surface area contributed by atoms with Gasteiger partial charge in [0, 0.05) is 11.3 Å². The van der Waals surface area contributed by atoms with Gasteiger partial charge in [-0.3, -0.25) is 4.74 Å². The van der Waals surface area contributed by atoms with Gasteiger partial charge in [0.2, 0.25) is 0 Å². The molecule has 2 unspecified atom stereocenters. The number of ether oxygens (including phenoxy) is 1. The zero-order chi connectivity index (χ0) is 20.5. The number of halogens is 10. The smallest absolute Gasteiger partial charge is 0.269 e. The molecule has 0 aromatic heterocycles. The molecule has 1 nitrogen and oxygen atoms in total. The molecule has 1 rings (SSSR count). The Labute approximate surface area is 137 Å². The van der Waals surface area contributed by atoms with Gasteiger partial charge in [-0.15, -0.1) is 0 Å². The van der Waals surface area contributed by atoms with Crippen molar-refractivity contribution in [2.24, 2.45) is 11.3 Å². The van der Waals surface area contributed by atoms with Gasteiger partial charge < -0.3 is 0 Å². The third kappa shape index (κ3) is 2.26. The zero-order valence-electron chi connectivity index (χ0n) is 14.0. The summed E-state index contributed by atoms with van der Waals surface area (Å²) in [5.74, 6) is -26.1. The normalized spacial score (nSPS) is 33.1. The molecule has 0 amide bonds. The minimum absolute atomic E-state index is 0.400. The molecule has 0 radical (unpaired) electrons. The minimum atomic E-state index is -6.56. The molecule has 0 aromatic carbocycles. The van der Waals surface area contributed by atoms with Gasteiger partial charge in [0.15, 0.2) is 0 Å². The molecule has 2 atom stereocenters. The second-order valence-corrected chi connectivity index (χ2v) is 7.04. The van der Waals surface area contributed by atoms with E-state index < -0.39 is 53.2 Å². The van der Waals surface area contributed by atoms with Crippen LogP contribution in [0.4, 0.5) is 43.9 Å². The molecule has 0 aliphatic carbocycles. The Bertz CT molecular complexity index is 530. The summed E-state index contributed by atoms with van der Waals surface area (Å²) >= 11 is 0. The van der Waals surface area contributed by atoms with Crippen molar-refractivity contribution >= 4 is 0 Å². The van der Waals surface area contributed by atoms with E-state index >= 15 is 0 Å². The van der Waals surface area contributed by atoms with Crippen LogP contribution in [0.2, 0.25) is 0 Å². The molecule has 1 saturated heterocycles. The van der Waals surface area contributed by atoms with Gasteiger partial charge in [0.1, 0.15) is 0 Å². The summed E-state index contributed by atoms with van der Waals surface area (Å²) in [5, 5.41) is 0. The van der Waals surface area contributed by atoms with E-state index in [4.69, 9.17) is 0 Å². The average Bonchev–Trinajstić information content (AvgIpc) is 2.55. The number of hydrogen-bond donors (Lipinski definition) is 0. The molecule has 25 heavy (non-hydrogen) atoms. The first-order chi connectivity index (χ1) is 10.7. The first kappa shape index (κ1) is 22.3. The molecule has 0 aromatic rings. The van der Waals surface area contributed by atoms with E-state index in [2.05, 4.69) is 4.74 Å². The SMILES string of the molecule is CCC(C)(C)C(F)(F)C1(F)OC(F)(F)C(F)(F)C1(F)C(F)(F)C(C)C. The van der Waals surface area contributed by atoms with Crippen LogP contribution in [0, 0.1) is 11.3 Å². The van der Waals surface area contributed by atoms with Crippen LogP contribution in [-0.2, 0) is 4.74 Å². The lowest BCUT2D eigenvalue weighted by atomic mass is 9.70. The van der Waals surface area contributed by atoms with E-state index in [1.54, 1.807) is 0 Å². The van der Waals surface area contributed by atoms with Gasteiger partial charge in [0.05, 0.1) is 0 Å². The lowest BCUT2D eigenvalue weighted by molar-refractivity contribution is -0.398. The van der Waals surface area contributed by atoms with E-state index in [0.29, 0.717) is 27.7 Å². The van der Waals surface area contributed by atoms with E-state index in [-0.39, 0.29) is 0 Å². The molecule has 0 saturated carbocycles. The van der Waals surface area contributed by atoms with Crippen LogP contribution in [0.25, 0.3) is 0 Å². The van der Waals surface area contributed by atoms with Crippen LogP contribution in [-0.4, -0.2) is 35.4 Å². The fourth-order valence-corrected chi connectivity index (χ4v) is 2.47. The summed E-state index contributed by atoms with van der Waals surface area (Å²) in [6, 6.07) is 0. The Morgan fingerprint density at radius 1 is 0.880 bits per heavy atom. The van der Waals surface area contributed by atoms with Crippen LogP contribution in [0.3, 0.4) is 0 Å². The Balaban J connectivity index is 3.91. The molecule has 150 valence electrons. The third-order valence-corrected chi connectivity index (χ3v) is 4.83. The summed E-state index contributed by atoms with van der Waals surface area (Å²) < 4.78 is 144. The van der Waals surface area contributed by atoms with E-state index in [9.17, 15) is 43.9 Å². The molecule has 0 spiro atoms. The average molecular weight is 392 g/mol. The maximum Gasteiger partial charge on any atom is 0.426 e. The molecular weight excluding hydrogens is 374 g/mol. The number of hydrogen-bond acceptors (Lipinski definition) is 1. The van der Waals surface area contributed by atoms with Gasteiger partial charge >= 0.3 is 29.5 Å². The first-order valence-corrected chi connectivity index (χ1v) is 7.30. The standard InChI is InChI=1S/C14H18F10O/c1-6-8(4,5)11(18,19)13(22)10(17,9(15,16)7(2)3)12(20,21)14(23,24)25-13/h7H,6H2,1-5H3. The molecular formula is C14H18F10O. The van der Waals surface area contributed by atoms with Crippen molar-refractivity contribution in [1.82, 2.24) is 0 Å². The van der Waals surface area contributed by atoms with E-state index in [1.165, 1.54) is 0 Å². The topological polar surface area (TPSA) is 9.23 Å². The molecule has 1 heterocycles. The Hall–Kier alpha value is -0.740. The van der Waals surface area contributed by atoms with Crippen LogP contribution in [0.5, 0.6) is 0 Å². The van der Waals surface area contributed by atoms with Crippen molar-refractivity contribution in [3.8, 4) is 0 Å². The molecule has 0 N–H and O–H groups in total. The van der Waals surface area contributed by atoms with Gasteiger partial charge in [-0.2, -0.15) is 26.3 Å². The van der Waals surface area contributed by atoms with Crippen LogP contribution < -0.4 is 0 Å². The summed E-state index contributed by atoms with van der Waals surface area (Å²) in [7, 11) is 0. The lowest BCUT2D eigenvalue weighted by Crippen LogP contribution is -2.73. The maximum absolute atomic E-state index is 14.9. The van der Waals surface area contributed by atoms with E-state index in [0.717, 1.165) is 6.92 Å². The Morgan fingerprint density at radius 3 is 1.60 bits per heavy atom. The monoisotopic (exact) mass is 392 g/mol. The van der Waals surface area contributed by atoms with Crippen LogP contribution >= 0.6 is 0 Å². The Kier molecular flexibility index (Phi) is 4.80. The van der Waals surface area contributed by atoms with Gasteiger partial charge in [0.25, 0.3) is 5.92 Å². The highest BCUT2D eigenvalue weighted by Crippen LogP contribution is 2.71. The molecule has 1 aliphatic heterocycles. The highest BCUT2D eigenvalue weighted by molar-refractivity contribution is 5.25. The highest BCUT2D eigenvalue weighted by Gasteiger charge is 2.99. The lowest BCUT2D eigenvalue weighted by Gasteiger charge is -2.47. The highest BCUT2D eigenvalue weighted by atomic mass is 19.3. The maximum atomic E-state index is 14.9. The summed E-state index contributed by atoms with van der Waals surface area (Å²) in [6.45, 7) is 2.85. The minimum Gasteiger partial charge on any atom is -0.269 e. The van der Waals surface area contributed by atoms with E-state index in [1.807, 2.05) is 0 Å². The van der Waals surface area contributed by atoms with Crippen molar-refractivity contribution in [3.05, 3.63) is 0 Å². The number of alkyl halides is 10. The third-order valence-electron chi connectivity index (χ3n) is 4.83.